The Morgan fingerprint density at radius 3 is 1.54 bits per heavy atom. The van der Waals surface area contributed by atoms with Gasteiger partial charge in [-0.3, -0.25) is 9.59 Å². The van der Waals surface area contributed by atoms with Crippen LogP contribution >= 0.6 is 0 Å². The molecule has 0 aliphatic heterocycles. The Labute approximate surface area is 74.1 Å². The summed E-state index contributed by atoms with van der Waals surface area (Å²) in [7, 11) is 0. The van der Waals surface area contributed by atoms with E-state index in [0.717, 1.165) is 6.92 Å². The Morgan fingerprint density at radius 2 is 1.46 bits per heavy atom. The van der Waals surface area contributed by atoms with Crippen LogP contribution in [0.1, 0.15) is 13.3 Å². The summed E-state index contributed by atoms with van der Waals surface area (Å²) in [6, 6.07) is 0. The van der Waals surface area contributed by atoms with E-state index in [-0.39, 0.29) is 5.57 Å². The third-order valence-corrected chi connectivity index (χ3v) is 0.667. The molecule has 0 aromatic heterocycles. The summed E-state index contributed by atoms with van der Waals surface area (Å²) in [5.74, 6) is -3.28. The largest absolute Gasteiger partial charge is 0.481 e. The van der Waals surface area contributed by atoms with E-state index in [0.29, 0.717) is 0 Å². The molecule has 0 fully saturated rings. The summed E-state index contributed by atoms with van der Waals surface area (Å²) in [6.07, 6.45) is -0.505. The van der Waals surface area contributed by atoms with Gasteiger partial charge < -0.3 is 15.3 Å². The van der Waals surface area contributed by atoms with Crippen molar-refractivity contribution in [2.45, 2.75) is 13.3 Å². The lowest BCUT2D eigenvalue weighted by Crippen LogP contribution is -2.04. The van der Waals surface area contributed by atoms with E-state index in [1.54, 1.807) is 0 Å². The van der Waals surface area contributed by atoms with Gasteiger partial charge in [0.25, 0.3) is 5.97 Å². The van der Waals surface area contributed by atoms with Gasteiger partial charge in [-0.05, 0) is 0 Å². The number of carboxylic acids is 3. The summed E-state index contributed by atoms with van der Waals surface area (Å²) < 4.78 is 0. The lowest BCUT2D eigenvalue weighted by Gasteiger charge is -1.91. The number of aliphatic carboxylic acids is 3. The molecule has 6 heteroatoms. The normalized spacial score (nSPS) is 7.77. The fraction of sp³-hybridized carbons (Fsp3) is 0.286. The van der Waals surface area contributed by atoms with Gasteiger partial charge in [0.05, 0.1) is 6.42 Å². The quantitative estimate of drug-likeness (QED) is 0.548. The van der Waals surface area contributed by atoms with Crippen LogP contribution in [0.2, 0.25) is 0 Å². The van der Waals surface area contributed by atoms with Crippen molar-refractivity contribution in [3.63, 3.8) is 0 Å². The molecule has 0 radical (unpaired) electrons. The van der Waals surface area contributed by atoms with Crippen molar-refractivity contribution < 1.29 is 29.7 Å². The molecule has 0 aromatic rings. The van der Waals surface area contributed by atoms with Crippen LogP contribution in [0, 0.1) is 0 Å². The SMILES string of the molecule is C=C(CC(=O)O)C(=O)O.CC(=O)O. The molecule has 0 saturated carbocycles. The molecule has 0 saturated heterocycles. The van der Waals surface area contributed by atoms with Crippen LogP contribution in [-0.4, -0.2) is 33.2 Å². The minimum absolute atomic E-state index is 0.303. The molecule has 0 heterocycles. The average molecular weight is 190 g/mol. The number of hydrogen-bond donors (Lipinski definition) is 3. The second-order valence-corrected chi connectivity index (χ2v) is 2.00. The fourth-order valence-electron chi connectivity index (χ4n) is 0.258. The Kier molecular flexibility index (Phi) is 7.21. The molecule has 74 valence electrons. The smallest absolute Gasteiger partial charge is 0.331 e. The first-order chi connectivity index (χ1) is 5.77. The second-order valence-electron chi connectivity index (χ2n) is 2.00. The molecular weight excluding hydrogens is 180 g/mol. The molecule has 13 heavy (non-hydrogen) atoms. The van der Waals surface area contributed by atoms with Gasteiger partial charge in [0.1, 0.15) is 0 Å². The van der Waals surface area contributed by atoms with E-state index in [1.807, 2.05) is 0 Å². The zero-order valence-corrected chi connectivity index (χ0v) is 6.98. The first kappa shape index (κ1) is 13.7. The second kappa shape index (κ2) is 6.84. The Balaban J connectivity index is 0. The van der Waals surface area contributed by atoms with Gasteiger partial charge >= 0.3 is 11.9 Å². The Bertz CT molecular complexity index is 225. The van der Waals surface area contributed by atoms with Crippen LogP contribution in [0.15, 0.2) is 12.2 Å². The summed E-state index contributed by atoms with van der Waals surface area (Å²) >= 11 is 0. The van der Waals surface area contributed by atoms with Gasteiger partial charge in [0.2, 0.25) is 0 Å². The molecule has 6 nitrogen and oxygen atoms in total. The maximum Gasteiger partial charge on any atom is 0.331 e. The van der Waals surface area contributed by atoms with Gasteiger partial charge in [-0.15, -0.1) is 0 Å². The van der Waals surface area contributed by atoms with Gasteiger partial charge in [-0.2, -0.15) is 0 Å². The summed E-state index contributed by atoms with van der Waals surface area (Å²) in [5.41, 5.74) is -0.303. The molecular formula is C7H10O6. The highest BCUT2D eigenvalue weighted by atomic mass is 16.4. The predicted octanol–water partition coefficient (Wildman–Crippen LogP) is 0.193. The van der Waals surface area contributed by atoms with Crippen molar-refractivity contribution in [3.05, 3.63) is 12.2 Å². The zero-order chi connectivity index (χ0) is 11.0. The van der Waals surface area contributed by atoms with Crippen molar-refractivity contribution in [1.29, 1.82) is 0 Å². The van der Waals surface area contributed by atoms with Crippen molar-refractivity contribution in [3.8, 4) is 0 Å². The third-order valence-electron chi connectivity index (χ3n) is 0.667. The Morgan fingerprint density at radius 1 is 1.15 bits per heavy atom. The zero-order valence-electron chi connectivity index (χ0n) is 6.98. The highest BCUT2D eigenvalue weighted by Gasteiger charge is 2.07. The highest BCUT2D eigenvalue weighted by Crippen LogP contribution is 1.95. The lowest BCUT2D eigenvalue weighted by atomic mass is 10.2. The topological polar surface area (TPSA) is 112 Å². The van der Waals surface area contributed by atoms with Gasteiger partial charge in [0.15, 0.2) is 0 Å². The van der Waals surface area contributed by atoms with Crippen molar-refractivity contribution in [2.75, 3.05) is 0 Å². The number of carboxylic acid groups (broad SMARTS) is 3. The summed E-state index contributed by atoms with van der Waals surface area (Å²) in [4.78, 5) is 28.7. The van der Waals surface area contributed by atoms with E-state index in [1.165, 1.54) is 0 Å². The molecule has 0 bridgehead atoms. The molecule has 0 rings (SSSR count). The van der Waals surface area contributed by atoms with Crippen LogP contribution in [0.4, 0.5) is 0 Å². The highest BCUT2D eigenvalue weighted by molar-refractivity contribution is 5.91. The molecule has 0 amide bonds. The minimum Gasteiger partial charge on any atom is -0.481 e. The van der Waals surface area contributed by atoms with E-state index in [4.69, 9.17) is 20.1 Å². The maximum atomic E-state index is 9.87. The molecule has 0 aromatic carbocycles. The standard InChI is InChI=1S/C5H6O4.C2H4O2/c1-3(5(8)9)2-4(6)7;1-2(3)4/h1-2H2,(H,6,7)(H,8,9);1H3,(H,3,4). The Hall–Kier alpha value is -1.85. The van der Waals surface area contributed by atoms with Crippen LogP contribution in [-0.2, 0) is 14.4 Å². The molecule has 0 unspecified atom stereocenters. The van der Waals surface area contributed by atoms with Crippen molar-refractivity contribution in [1.82, 2.24) is 0 Å². The third kappa shape index (κ3) is 17.8. The number of rotatable bonds is 3. The molecule has 0 spiro atoms. The number of hydrogen-bond acceptors (Lipinski definition) is 3. The van der Waals surface area contributed by atoms with Crippen LogP contribution in [0.5, 0.6) is 0 Å². The average Bonchev–Trinajstić information content (AvgIpc) is 1.83. The van der Waals surface area contributed by atoms with E-state index in [9.17, 15) is 9.59 Å². The molecule has 0 aliphatic rings. The van der Waals surface area contributed by atoms with Gasteiger partial charge in [0, 0.05) is 12.5 Å². The first-order valence-electron chi connectivity index (χ1n) is 3.09. The molecule has 0 atom stereocenters. The maximum absolute atomic E-state index is 9.87. The number of carbonyl (C=O) groups is 3. The van der Waals surface area contributed by atoms with Crippen LogP contribution in [0.3, 0.4) is 0 Å². The van der Waals surface area contributed by atoms with Crippen LogP contribution in [0.25, 0.3) is 0 Å². The fourth-order valence-corrected chi connectivity index (χ4v) is 0.258. The predicted molar refractivity (Wildman–Crippen MR) is 42.3 cm³/mol. The van der Waals surface area contributed by atoms with Crippen molar-refractivity contribution in [2.24, 2.45) is 0 Å². The monoisotopic (exact) mass is 190 g/mol. The summed E-state index contributed by atoms with van der Waals surface area (Å²) in [6.45, 7) is 4.10. The van der Waals surface area contributed by atoms with E-state index < -0.39 is 24.3 Å². The van der Waals surface area contributed by atoms with E-state index >= 15 is 0 Å². The lowest BCUT2D eigenvalue weighted by molar-refractivity contribution is -0.139. The van der Waals surface area contributed by atoms with Gasteiger partial charge in [-0.25, -0.2) is 4.79 Å². The first-order valence-corrected chi connectivity index (χ1v) is 3.09. The van der Waals surface area contributed by atoms with Crippen molar-refractivity contribution >= 4 is 17.9 Å². The minimum atomic E-state index is -1.27. The van der Waals surface area contributed by atoms with E-state index in [2.05, 4.69) is 6.58 Å². The van der Waals surface area contributed by atoms with Crippen LogP contribution < -0.4 is 0 Å². The summed E-state index contributed by atoms with van der Waals surface area (Å²) in [5, 5.41) is 23.5. The molecule has 0 aliphatic carbocycles. The molecule has 3 N–H and O–H groups in total. The van der Waals surface area contributed by atoms with Gasteiger partial charge in [-0.1, -0.05) is 6.58 Å².